The van der Waals surface area contributed by atoms with Crippen LogP contribution in [0.25, 0.3) is 0 Å². The van der Waals surface area contributed by atoms with Crippen LogP contribution in [-0.4, -0.2) is 29.8 Å². The minimum Gasteiger partial charge on any atom is -0.392 e. The van der Waals surface area contributed by atoms with E-state index < -0.39 is 22.4 Å². The van der Waals surface area contributed by atoms with Gasteiger partial charge in [-0.1, -0.05) is 6.07 Å². The quantitative estimate of drug-likeness (QED) is 0.813. The maximum Gasteiger partial charge on any atom is 0.241 e. The molecule has 0 saturated heterocycles. The van der Waals surface area contributed by atoms with Gasteiger partial charge in [-0.25, -0.2) is 17.5 Å². The first kappa shape index (κ1) is 14.6. The first-order valence-corrected chi connectivity index (χ1v) is 7.37. The van der Waals surface area contributed by atoms with E-state index in [1.165, 1.54) is 6.07 Å². The van der Waals surface area contributed by atoms with E-state index in [2.05, 4.69) is 9.82 Å². The Kier molecular flexibility index (Phi) is 4.48. The topological polar surface area (TPSA) is 84.2 Å². The molecule has 1 aromatic heterocycles. The summed E-state index contributed by atoms with van der Waals surface area (Å²) < 4.78 is 41.2. The first-order chi connectivity index (χ1) is 9.53. The molecule has 0 aliphatic heterocycles. The van der Waals surface area contributed by atoms with Crippen molar-refractivity contribution in [1.82, 2.24) is 14.5 Å². The summed E-state index contributed by atoms with van der Waals surface area (Å²) in [6.45, 7) is -0.00290. The Labute approximate surface area is 115 Å². The average Bonchev–Trinajstić information content (AvgIpc) is 2.91. The SMILES string of the molecule is O=S(=O)(NCCn1cccn1)c1cc(F)ccc1CO. The molecule has 0 radical (unpaired) electrons. The number of halogens is 1. The molecule has 0 unspecified atom stereocenters. The van der Waals surface area contributed by atoms with Crippen molar-refractivity contribution in [2.75, 3.05) is 6.54 Å². The van der Waals surface area contributed by atoms with E-state index in [9.17, 15) is 12.8 Å². The molecule has 0 aliphatic rings. The summed E-state index contributed by atoms with van der Waals surface area (Å²) in [5.74, 6) is -0.672. The number of nitrogens with one attached hydrogen (secondary N) is 1. The summed E-state index contributed by atoms with van der Waals surface area (Å²) in [5.41, 5.74) is 0.151. The predicted molar refractivity (Wildman–Crippen MR) is 69.7 cm³/mol. The number of aliphatic hydroxyl groups is 1. The van der Waals surface area contributed by atoms with Gasteiger partial charge in [0.15, 0.2) is 0 Å². The van der Waals surface area contributed by atoms with Crippen LogP contribution in [0.3, 0.4) is 0 Å². The summed E-state index contributed by atoms with van der Waals surface area (Å²) in [7, 11) is -3.87. The van der Waals surface area contributed by atoms with E-state index in [1.54, 1.807) is 23.1 Å². The molecule has 0 fully saturated rings. The molecular weight excluding hydrogens is 285 g/mol. The van der Waals surface area contributed by atoms with E-state index in [0.29, 0.717) is 6.54 Å². The van der Waals surface area contributed by atoms with Crippen molar-refractivity contribution in [2.45, 2.75) is 18.0 Å². The van der Waals surface area contributed by atoms with E-state index in [1.807, 2.05) is 0 Å². The van der Waals surface area contributed by atoms with Gasteiger partial charge in [0.05, 0.1) is 18.0 Å². The highest BCUT2D eigenvalue weighted by molar-refractivity contribution is 7.89. The molecule has 20 heavy (non-hydrogen) atoms. The zero-order chi connectivity index (χ0) is 14.6. The van der Waals surface area contributed by atoms with Crippen LogP contribution in [0.5, 0.6) is 0 Å². The largest absolute Gasteiger partial charge is 0.392 e. The van der Waals surface area contributed by atoms with E-state index in [4.69, 9.17) is 5.11 Å². The molecule has 0 saturated carbocycles. The van der Waals surface area contributed by atoms with Gasteiger partial charge in [0.25, 0.3) is 0 Å². The van der Waals surface area contributed by atoms with Gasteiger partial charge in [0.1, 0.15) is 5.82 Å². The van der Waals surface area contributed by atoms with Crippen LogP contribution in [0.15, 0.2) is 41.6 Å². The van der Waals surface area contributed by atoms with Crippen LogP contribution in [0.4, 0.5) is 4.39 Å². The smallest absolute Gasteiger partial charge is 0.241 e. The summed E-state index contributed by atoms with van der Waals surface area (Å²) in [6.07, 6.45) is 3.29. The van der Waals surface area contributed by atoms with E-state index in [-0.39, 0.29) is 17.0 Å². The van der Waals surface area contributed by atoms with Gasteiger partial charge >= 0.3 is 0 Å². The molecule has 0 aliphatic carbocycles. The fraction of sp³-hybridized carbons (Fsp3) is 0.250. The Hall–Kier alpha value is -1.77. The standard InChI is InChI=1S/C12H14FN3O3S/c13-11-3-2-10(9-17)12(8-11)20(18,19)15-5-7-16-6-1-4-14-16/h1-4,6,8,15,17H,5,7,9H2. The third-order valence-electron chi connectivity index (χ3n) is 2.68. The van der Waals surface area contributed by atoms with Crippen molar-refractivity contribution in [3.8, 4) is 0 Å². The van der Waals surface area contributed by atoms with Crippen LogP contribution >= 0.6 is 0 Å². The highest BCUT2D eigenvalue weighted by atomic mass is 32.2. The van der Waals surface area contributed by atoms with Crippen molar-refractivity contribution in [2.24, 2.45) is 0 Å². The average molecular weight is 299 g/mol. The molecule has 1 aromatic carbocycles. The van der Waals surface area contributed by atoms with Crippen LogP contribution in [-0.2, 0) is 23.2 Å². The van der Waals surface area contributed by atoms with Crippen LogP contribution in [0, 0.1) is 5.82 Å². The Morgan fingerprint density at radius 3 is 2.85 bits per heavy atom. The van der Waals surface area contributed by atoms with Crippen molar-refractivity contribution < 1.29 is 17.9 Å². The molecule has 0 bridgehead atoms. The molecule has 1 heterocycles. The first-order valence-electron chi connectivity index (χ1n) is 5.89. The van der Waals surface area contributed by atoms with E-state index in [0.717, 1.165) is 12.1 Å². The molecular formula is C12H14FN3O3S. The summed E-state index contributed by atoms with van der Waals surface area (Å²) in [5, 5.41) is 13.1. The number of aliphatic hydroxyl groups excluding tert-OH is 1. The monoisotopic (exact) mass is 299 g/mol. The third kappa shape index (κ3) is 3.41. The summed E-state index contributed by atoms with van der Waals surface area (Å²) >= 11 is 0. The Morgan fingerprint density at radius 1 is 1.40 bits per heavy atom. The maximum absolute atomic E-state index is 13.2. The zero-order valence-electron chi connectivity index (χ0n) is 10.5. The summed E-state index contributed by atoms with van der Waals surface area (Å²) in [4.78, 5) is -0.250. The lowest BCUT2D eigenvalue weighted by Gasteiger charge is -2.10. The molecule has 8 heteroatoms. The van der Waals surface area contributed by atoms with Gasteiger partial charge in [-0.15, -0.1) is 0 Å². The second-order valence-electron chi connectivity index (χ2n) is 4.08. The number of rotatable bonds is 6. The normalized spacial score (nSPS) is 11.7. The number of hydrogen-bond donors (Lipinski definition) is 2. The second-order valence-corrected chi connectivity index (χ2v) is 5.81. The minimum atomic E-state index is -3.87. The second kappa shape index (κ2) is 6.12. The minimum absolute atomic E-state index is 0.116. The third-order valence-corrected chi connectivity index (χ3v) is 4.22. The molecule has 0 amide bonds. The molecule has 2 N–H and O–H groups in total. The van der Waals surface area contributed by atoms with Gasteiger partial charge in [-0.3, -0.25) is 4.68 Å². The molecule has 2 rings (SSSR count). The number of benzene rings is 1. The van der Waals surface area contributed by atoms with Gasteiger partial charge in [-0.05, 0) is 23.8 Å². The fourth-order valence-corrected chi connectivity index (χ4v) is 2.98. The maximum atomic E-state index is 13.2. The van der Waals surface area contributed by atoms with Crippen LogP contribution in [0.2, 0.25) is 0 Å². The van der Waals surface area contributed by atoms with Crippen LogP contribution in [0.1, 0.15) is 5.56 Å². The molecule has 2 aromatic rings. The number of nitrogens with zero attached hydrogens (tertiary/aromatic N) is 2. The van der Waals surface area contributed by atoms with Crippen molar-refractivity contribution in [1.29, 1.82) is 0 Å². The Morgan fingerprint density at radius 2 is 2.20 bits per heavy atom. The highest BCUT2D eigenvalue weighted by Gasteiger charge is 2.18. The molecule has 0 spiro atoms. The van der Waals surface area contributed by atoms with Crippen LogP contribution < -0.4 is 4.72 Å². The Balaban J connectivity index is 2.11. The molecule has 6 nitrogen and oxygen atoms in total. The lowest BCUT2D eigenvalue weighted by Crippen LogP contribution is -2.28. The van der Waals surface area contributed by atoms with Gasteiger partial charge in [0, 0.05) is 18.9 Å². The molecule has 108 valence electrons. The van der Waals surface area contributed by atoms with Crippen molar-refractivity contribution >= 4 is 10.0 Å². The van der Waals surface area contributed by atoms with Gasteiger partial charge < -0.3 is 5.11 Å². The number of aromatic nitrogens is 2. The number of hydrogen-bond acceptors (Lipinski definition) is 4. The lowest BCUT2D eigenvalue weighted by atomic mass is 10.2. The van der Waals surface area contributed by atoms with Gasteiger partial charge in [0.2, 0.25) is 10.0 Å². The Bertz CT molecular complexity index is 671. The van der Waals surface area contributed by atoms with Crippen molar-refractivity contribution in [3.63, 3.8) is 0 Å². The van der Waals surface area contributed by atoms with Gasteiger partial charge in [-0.2, -0.15) is 5.10 Å². The van der Waals surface area contributed by atoms with Crippen molar-refractivity contribution in [3.05, 3.63) is 48.0 Å². The predicted octanol–water partition coefficient (Wildman–Crippen LogP) is 0.493. The summed E-state index contributed by atoms with van der Waals surface area (Å²) in [6, 6.07) is 4.97. The van der Waals surface area contributed by atoms with E-state index >= 15 is 0 Å². The number of sulfonamides is 1. The lowest BCUT2D eigenvalue weighted by molar-refractivity contribution is 0.278. The fourth-order valence-electron chi connectivity index (χ4n) is 1.71. The zero-order valence-corrected chi connectivity index (χ0v) is 11.3. The molecule has 0 atom stereocenters. The highest BCUT2D eigenvalue weighted by Crippen LogP contribution is 2.17.